The van der Waals surface area contributed by atoms with Crippen LogP contribution >= 0.6 is 15.9 Å². The highest BCUT2D eigenvalue weighted by atomic mass is 79.9. The number of hydrogen-bond donors (Lipinski definition) is 0. The summed E-state index contributed by atoms with van der Waals surface area (Å²) in [7, 11) is -0.384. The minimum atomic E-state index is -3.41. The topological polar surface area (TPSA) is 69.7 Å². The van der Waals surface area contributed by atoms with Gasteiger partial charge in [0.25, 0.3) is 0 Å². The van der Waals surface area contributed by atoms with Crippen LogP contribution in [-0.2, 0) is 14.6 Å². The van der Waals surface area contributed by atoms with E-state index in [1.165, 1.54) is 14.2 Å². The van der Waals surface area contributed by atoms with Crippen LogP contribution in [0.15, 0.2) is 22.7 Å². The lowest BCUT2D eigenvalue weighted by Crippen LogP contribution is -2.20. The molecule has 0 aliphatic heterocycles. The second-order valence-corrected chi connectivity index (χ2v) is 7.25. The molecule has 0 aromatic heterocycles. The first-order valence-corrected chi connectivity index (χ1v) is 8.57. The summed E-state index contributed by atoms with van der Waals surface area (Å²) in [5, 5.41) is 0. The summed E-state index contributed by atoms with van der Waals surface area (Å²) in [4.78, 5) is 12.0. The van der Waals surface area contributed by atoms with Crippen molar-refractivity contribution in [2.45, 2.75) is 6.42 Å². The summed E-state index contributed by atoms with van der Waals surface area (Å²) < 4.78 is 34.0. The Hall–Kier alpha value is -0.920. The van der Waals surface area contributed by atoms with E-state index in [0.717, 1.165) is 0 Å². The zero-order chi connectivity index (χ0) is 15.2. The van der Waals surface area contributed by atoms with Gasteiger partial charge >= 0.3 is 0 Å². The van der Waals surface area contributed by atoms with Gasteiger partial charge in [0.2, 0.25) is 0 Å². The molecule has 0 radical (unpaired) electrons. The molecule has 0 saturated heterocycles. The molecule has 0 spiro atoms. The monoisotopic (exact) mass is 364 g/mol. The Bertz CT molecular complexity index is 568. The second-order valence-electron chi connectivity index (χ2n) is 4.21. The van der Waals surface area contributed by atoms with Crippen molar-refractivity contribution in [1.82, 2.24) is 0 Å². The third kappa shape index (κ3) is 5.22. The summed E-state index contributed by atoms with van der Waals surface area (Å²) in [5.41, 5.74) is 0.341. The predicted octanol–water partition coefficient (Wildman–Crippen LogP) is 2.09. The molecule has 0 fully saturated rings. The van der Waals surface area contributed by atoms with Crippen molar-refractivity contribution < 1.29 is 22.7 Å². The zero-order valence-corrected chi connectivity index (χ0v) is 13.8. The van der Waals surface area contributed by atoms with Crippen LogP contribution in [0.1, 0.15) is 16.8 Å². The number of Topliss-reactive ketones (excluding diaryl/α,β-unsaturated/α-hetero) is 1. The Morgan fingerprint density at radius 1 is 1.30 bits per heavy atom. The molecule has 5 nitrogen and oxygen atoms in total. The van der Waals surface area contributed by atoms with E-state index < -0.39 is 21.4 Å². The van der Waals surface area contributed by atoms with Gasteiger partial charge in [0.15, 0.2) is 15.6 Å². The molecule has 0 atom stereocenters. The molecule has 7 heteroatoms. The average Bonchev–Trinajstić information content (AvgIpc) is 2.38. The van der Waals surface area contributed by atoms with E-state index in [1.807, 2.05) is 0 Å². The van der Waals surface area contributed by atoms with Crippen LogP contribution in [0.3, 0.4) is 0 Å². The summed E-state index contributed by atoms with van der Waals surface area (Å²) in [5.74, 6) is -0.380. The van der Waals surface area contributed by atoms with Gasteiger partial charge in [-0.25, -0.2) is 8.42 Å². The van der Waals surface area contributed by atoms with Gasteiger partial charge in [0, 0.05) is 19.3 Å². The number of carbonyl (C=O) groups is 1. The molecule has 1 rings (SSSR count). The van der Waals surface area contributed by atoms with Crippen LogP contribution in [0, 0.1) is 0 Å². The first kappa shape index (κ1) is 17.1. The Kier molecular flexibility index (Phi) is 6.64. The van der Waals surface area contributed by atoms with E-state index in [0.29, 0.717) is 28.8 Å². The fourth-order valence-corrected chi connectivity index (χ4v) is 3.43. The summed E-state index contributed by atoms with van der Waals surface area (Å²) in [6, 6.07) is 4.73. The van der Waals surface area contributed by atoms with Gasteiger partial charge in [0.05, 0.1) is 17.3 Å². The van der Waals surface area contributed by atoms with Gasteiger partial charge in [-0.15, -0.1) is 0 Å². The fraction of sp³-hybridized carbons (Fsp3) is 0.462. The van der Waals surface area contributed by atoms with E-state index in [-0.39, 0.29) is 5.75 Å². The average molecular weight is 365 g/mol. The lowest BCUT2D eigenvalue weighted by Gasteiger charge is -2.06. The third-order valence-electron chi connectivity index (χ3n) is 2.63. The molecule has 0 unspecified atom stereocenters. The van der Waals surface area contributed by atoms with Crippen LogP contribution in [0.2, 0.25) is 0 Å². The van der Waals surface area contributed by atoms with Crippen LogP contribution < -0.4 is 4.74 Å². The van der Waals surface area contributed by atoms with E-state index in [9.17, 15) is 13.2 Å². The first-order valence-electron chi connectivity index (χ1n) is 5.95. The summed E-state index contributed by atoms with van der Waals surface area (Å²) >= 11 is 3.26. The number of ether oxygens (including phenoxy) is 2. The molecule has 20 heavy (non-hydrogen) atoms. The number of carbonyl (C=O) groups excluding carboxylic acids is 1. The predicted molar refractivity (Wildman–Crippen MR) is 80.2 cm³/mol. The molecule has 0 aliphatic carbocycles. The number of rotatable bonds is 8. The van der Waals surface area contributed by atoms with Gasteiger partial charge in [-0.05, 0) is 40.5 Å². The molecule has 0 N–H and O–H groups in total. The van der Waals surface area contributed by atoms with Crippen LogP contribution in [-0.4, -0.2) is 46.5 Å². The van der Waals surface area contributed by atoms with Gasteiger partial charge < -0.3 is 9.47 Å². The largest absolute Gasteiger partial charge is 0.496 e. The first-order chi connectivity index (χ1) is 9.39. The van der Waals surface area contributed by atoms with Crippen molar-refractivity contribution in [3.8, 4) is 5.75 Å². The van der Waals surface area contributed by atoms with Gasteiger partial charge in [-0.3, -0.25) is 4.79 Å². The molecule has 0 aliphatic rings. The van der Waals surface area contributed by atoms with Crippen molar-refractivity contribution in [3.63, 3.8) is 0 Å². The normalized spacial score (nSPS) is 11.3. The highest BCUT2D eigenvalue weighted by Crippen LogP contribution is 2.25. The number of ketones is 1. The van der Waals surface area contributed by atoms with Crippen molar-refractivity contribution >= 4 is 31.6 Å². The standard InChI is InChI=1S/C13H17BrO5S/c1-18-6-3-7-20(16,17)9-12(15)10-4-5-13(19-2)11(14)8-10/h4-5,8H,3,6-7,9H2,1-2H3. The SMILES string of the molecule is COCCCS(=O)(=O)CC(=O)c1ccc(OC)c(Br)c1. The zero-order valence-electron chi connectivity index (χ0n) is 11.4. The lowest BCUT2D eigenvalue weighted by atomic mass is 10.1. The molecule has 112 valence electrons. The van der Waals surface area contributed by atoms with Crippen molar-refractivity contribution in [1.29, 1.82) is 0 Å². The summed E-state index contributed by atoms with van der Waals surface area (Å²) in [6.45, 7) is 0.363. The maximum absolute atomic E-state index is 12.0. The van der Waals surface area contributed by atoms with E-state index >= 15 is 0 Å². The van der Waals surface area contributed by atoms with Crippen molar-refractivity contribution in [2.24, 2.45) is 0 Å². The van der Waals surface area contributed by atoms with E-state index in [4.69, 9.17) is 9.47 Å². The molecule has 1 aromatic carbocycles. The minimum absolute atomic E-state index is 0.0517. The molecular weight excluding hydrogens is 348 g/mol. The molecule has 0 saturated carbocycles. The minimum Gasteiger partial charge on any atom is -0.496 e. The number of sulfone groups is 1. The Morgan fingerprint density at radius 2 is 2.00 bits per heavy atom. The maximum atomic E-state index is 12.0. The highest BCUT2D eigenvalue weighted by molar-refractivity contribution is 9.10. The number of benzene rings is 1. The van der Waals surface area contributed by atoms with Crippen molar-refractivity contribution in [3.05, 3.63) is 28.2 Å². The number of hydrogen-bond acceptors (Lipinski definition) is 5. The molecule has 1 aromatic rings. The van der Waals surface area contributed by atoms with E-state index in [1.54, 1.807) is 18.2 Å². The van der Waals surface area contributed by atoms with Gasteiger partial charge in [0.1, 0.15) is 11.5 Å². The van der Waals surface area contributed by atoms with Crippen LogP contribution in [0.4, 0.5) is 0 Å². The van der Waals surface area contributed by atoms with E-state index in [2.05, 4.69) is 15.9 Å². The maximum Gasteiger partial charge on any atom is 0.177 e. The van der Waals surface area contributed by atoms with Crippen molar-refractivity contribution in [2.75, 3.05) is 32.3 Å². The highest BCUT2D eigenvalue weighted by Gasteiger charge is 2.18. The van der Waals surface area contributed by atoms with Crippen LogP contribution in [0.5, 0.6) is 5.75 Å². The Labute approximate surface area is 127 Å². The molecule has 0 amide bonds. The van der Waals surface area contributed by atoms with Crippen LogP contribution in [0.25, 0.3) is 0 Å². The Morgan fingerprint density at radius 3 is 2.55 bits per heavy atom. The third-order valence-corrected chi connectivity index (χ3v) is 4.86. The lowest BCUT2D eigenvalue weighted by molar-refractivity contribution is 0.102. The fourth-order valence-electron chi connectivity index (χ4n) is 1.62. The molecular formula is C13H17BrO5S. The van der Waals surface area contributed by atoms with Gasteiger partial charge in [-0.1, -0.05) is 0 Å². The number of halogens is 1. The number of methoxy groups -OCH3 is 2. The molecule has 0 bridgehead atoms. The van der Waals surface area contributed by atoms with Gasteiger partial charge in [-0.2, -0.15) is 0 Å². The second kappa shape index (κ2) is 7.75. The Balaban J connectivity index is 2.73. The quantitative estimate of drug-likeness (QED) is 0.521. The molecule has 0 heterocycles. The summed E-state index contributed by atoms with van der Waals surface area (Å²) in [6.07, 6.45) is 0.387. The smallest absolute Gasteiger partial charge is 0.177 e.